The van der Waals surface area contributed by atoms with Crippen LogP contribution in [0.3, 0.4) is 0 Å². The van der Waals surface area contributed by atoms with Crippen molar-refractivity contribution in [2.75, 3.05) is 33.4 Å². The van der Waals surface area contributed by atoms with Crippen LogP contribution in [0.15, 0.2) is 24.3 Å². The minimum atomic E-state index is 0.853. The fourth-order valence-electron chi connectivity index (χ4n) is 2.18. The van der Waals surface area contributed by atoms with Crippen LogP contribution in [0, 0.1) is 5.92 Å². The molecule has 0 spiro atoms. The van der Waals surface area contributed by atoms with E-state index in [0.717, 1.165) is 45.3 Å². The molecule has 0 atom stereocenters. The number of hydrogen-bond donors (Lipinski definition) is 1. The number of nitrogens with one attached hydrogen (secondary N) is 1. The molecule has 1 N–H and O–H groups in total. The highest BCUT2D eigenvalue weighted by molar-refractivity contribution is 5.22. The Hall–Kier alpha value is -0.900. The third kappa shape index (κ3) is 6.04. The molecule has 1 saturated carbocycles. The molecule has 3 nitrogen and oxygen atoms in total. The van der Waals surface area contributed by atoms with Crippen molar-refractivity contribution >= 4 is 0 Å². The molecule has 0 unspecified atom stereocenters. The van der Waals surface area contributed by atoms with Crippen LogP contribution in [0.25, 0.3) is 0 Å². The third-order valence-corrected chi connectivity index (χ3v) is 3.72. The first-order valence-corrected chi connectivity index (χ1v) is 7.82. The van der Waals surface area contributed by atoms with E-state index in [-0.39, 0.29) is 0 Å². The molecule has 1 fully saturated rings. The van der Waals surface area contributed by atoms with Gasteiger partial charge in [-0.25, -0.2) is 0 Å². The topological polar surface area (TPSA) is 24.5 Å². The molecular formula is C17H28N2O. The molecule has 1 aromatic carbocycles. The van der Waals surface area contributed by atoms with Gasteiger partial charge in [0.15, 0.2) is 0 Å². The van der Waals surface area contributed by atoms with Crippen LogP contribution < -0.4 is 5.32 Å². The van der Waals surface area contributed by atoms with Crippen LogP contribution in [0.2, 0.25) is 0 Å². The summed E-state index contributed by atoms with van der Waals surface area (Å²) in [5, 5.41) is 3.35. The smallest absolute Gasteiger partial charge is 0.0593 e. The van der Waals surface area contributed by atoms with Crippen LogP contribution in [0.1, 0.15) is 30.9 Å². The predicted molar refractivity (Wildman–Crippen MR) is 83.7 cm³/mol. The fraction of sp³-hybridized carbons (Fsp3) is 0.647. The van der Waals surface area contributed by atoms with Gasteiger partial charge in [0.1, 0.15) is 0 Å². The summed E-state index contributed by atoms with van der Waals surface area (Å²) in [4.78, 5) is 2.33. The van der Waals surface area contributed by atoms with E-state index in [2.05, 4.69) is 48.5 Å². The van der Waals surface area contributed by atoms with E-state index in [1.807, 2.05) is 0 Å². The Balaban J connectivity index is 1.63. The molecule has 1 aliphatic carbocycles. The zero-order chi connectivity index (χ0) is 14.2. The lowest BCUT2D eigenvalue weighted by Crippen LogP contribution is -2.23. The molecule has 1 aromatic rings. The Kier molecular flexibility index (Phi) is 6.51. The molecular weight excluding hydrogens is 248 g/mol. The maximum atomic E-state index is 5.68. The van der Waals surface area contributed by atoms with E-state index < -0.39 is 0 Å². The molecule has 0 amide bonds. The number of ether oxygens (including phenoxy) is 1. The minimum absolute atomic E-state index is 0.853. The van der Waals surface area contributed by atoms with Gasteiger partial charge in [-0.1, -0.05) is 31.2 Å². The average molecular weight is 276 g/mol. The second-order valence-electron chi connectivity index (χ2n) is 5.85. The van der Waals surface area contributed by atoms with E-state index in [9.17, 15) is 0 Å². The molecule has 0 bridgehead atoms. The Labute approximate surface area is 123 Å². The van der Waals surface area contributed by atoms with Crippen LogP contribution in [-0.4, -0.2) is 38.3 Å². The first kappa shape index (κ1) is 15.5. The van der Waals surface area contributed by atoms with Gasteiger partial charge < -0.3 is 10.1 Å². The molecule has 2 rings (SSSR count). The van der Waals surface area contributed by atoms with Gasteiger partial charge in [-0.15, -0.1) is 0 Å². The Morgan fingerprint density at radius 1 is 1.20 bits per heavy atom. The van der Waals surface area contributed by atoms with Crippen molar-refractivity contribution in [3.05, 3.63) is 35.4 Å². The summed E-state index contributed by atoms with van der Waals surface area (Å²) in [6.07, 6.45) is 2.74. The molecule has 0 radical (unpaired) electrons. The summed E-state index contributed by atoms with van der Waals surface area (Å²) in [7, 11) is 2.16. The van der Waals surface area contributed by atoms with E-state index in [0.29, 0.717) is 0 Å². The van der Waals surface area contributed by atoms with Crippen molar-refractivity contribution in [2.24, 2.45) is 5.92 Å². The highest BCUT2D eigenvalue weighted by atomic mass is 16.5. The van der Waals surface area contributed by atoms with Crippen molar-refractivity contribution < 1.29 is 4.74 Å². The minimum Gasteiger partial charge on any atom is -0.380 e. The Morgan fingerprint density at radius 3 is 2.55 bits per heavy atom. The number of likely N-dealkylation sites (N-methyl/N-ethyl adjacent to an activating group) is 1. The van der Waals surface area contributed by atoms with Crippen LogP contribution in [0.4, 0.5) is 0 Å². The normalized spacial score (nSPS) is 14.9. The van der Waals surface area contributed by atoms with Crippen LogP contribution in [-0.2, 0) is 17.8 Å². The maximum Gasteiger partial charge on any atom is 0.0593 e. The molecule has 0 saturated heterocycles. The molecule has 0 heterocycles. The van der Waals surface area contributed by atoms with Gasteiger partial charge in [0.2, 0.25) is 0 Å². The average Bonchev–Trinajstić information content (AvgIpc) is 3.27. The lowest BCUT2D eigenvalue weighted by molar-refractivity contribution is 0.102. The molecule has 20 heavy (non-hydrogen) atoms. The van der Waals surface area contributed by atoms with Gasteiger partial charge in [-0.3, -0.25) is 4.90 Å². The molecule has 0 aliphatic heterocycles. The molecule has 0 aromatic heterocycles. The summed E-state index contributed by atoms with van der Waals surface area (Å²) in [5.41, 5.74) is 2.72. The number of rotatable bonds is 10. The largest absolute Gasteiger partial charge is 0.380 e. The quantitative estimate of drug-likeness (QED) is 0.665. The zero-order valence-electron chi connectivity index (χ0n) is 12.9. The molecule has 112 valence electrons. The Bertz CT molecular complexity index is 373. The summed E-state index contributed by atoms with van der Waals surface area (Å²) in [6.45, 7) is 7.93. The number of nitrogens with zero attached hydrogens (tertiary/aromatic N) is 1. The van der Waals surface area contributed by atoms with Crippen LogP contribution in [0.5, 0.6) is 0 Å². The van der Waals surface area contributed by atoms with E-state index >= 15 is 0 Å². The van der Waals surface area contributed by atoms with Gasteiger partial charge in [0.25, 0.3) is 0 Å². The summed E-state index contributed by atoms with van der Waals surface area (Å²) in [5.74, 6) is 0.865. The first-order valence-electron chi connectivity index (χ1n) is 7.82. The maximum absolute atomic E-state index is 5.68. The highest BCUT2D eigenvalue weighted by Gasteiger charge is 2.20. The van der Waals surface area contributed by atoms with Crippen LogP contribution >= 0.6 is 0 Å². The monoisotopic (exact) mass is 276 g/mol. The molecule has 1 aliphatic rings. The van der Waals surface area contributed by atoms with E-state index in [1.165, 1.54) is 24.0 Å². The van der Waals surface area contributed by atoms with Gasteiger partial charge in [-0.05, 0) is 43.5 Å². The molecule has 3 heteroatoms. The first-order chi connectivity index (χ1) is 9.78. The lowest BCUT2D eigenvalue weighted by atomic mass is 10.1. The van der Waals surface area contributed by atoms with Gasteiger partial charge >= 0.3 is 0 Å². The van der Waals surface area contributed by atoms with Crippen molar-refractivity contribution in [1.82, 2.24) is 10.2 Å². The van der Waals surface area contributed by atoms with Crippen molar-refractivity contribution in [1.29, 1.82) is 0 Å². The standard InChI is InChI=1S/C17H28N2O/c1-3-18-12-15-4-6-16(7-5-15)13-19(2)10-11-20-14-17-8-9-17/h4-7,17-18H,3,8-14H2,1-2H3. The summed E-state index contributed by atoms with van der Waals surface area (Å²) in [6, 6.07) is 8.90. The second kappa shape index (κ2) is 8.40. The van der Waals surface area contributed by atoms with E-state index in [4.69, 9.17) is 4.74 Å². The van der Waals surface area contributed by atoms with Crippen molar-refractivity contribution in [2.45, 2.75) is 32.9 Å². The van der Waals surface area contributed by atoms with Gasteiger partial charge in [-0.2, -0.15) is 0 Å². The predicted octanol–water partition coefficient (Wildman–Crippen LogP) is 2.65. The third-order valence-electron chi connectivity index (χ3n) is 3.72. The summed E-state index contributed by atoms with van der Waals surface area (Å²) < 4.78 is 5.68. The second-order valence-corrected chi connectivity index (χ2v) is 5.85. The zero-order valence-corrected chi connectivity index (χ0v) is 12.9. The SMILES string of the molecule is CCNCc1ccc(CN(C)CCOCC2CC2)cc1. The van der Waals surface area contributed by atoms with Gasteiger partial charge in [0.05, 0.1) is 6.61 Å². The van der Waals surface area contributed by atoms with Gasteiger partial charge in [0, 0.05) is 26.2 Å². The van der Waals surface area contributed by atoms with E-state index in [1.54, 1.807) is 0 Å². The number of hydrogen-bond acceptors (Lipinski definition) is 3. The fourth-order valence-corrected chi connectivity index (χ4v) is 2.18. The Morgan fingerprint density at radius 2 is 1.90 bits per heavy atom. The number of benzene rings is 1. The summed E-state index contributed by atoms with van der Waals surface area (Å²) >= 11 is 0. The van der Waals surface area contributed by atoms with Crippen molar-refractivity contribution in [3.8, 4) is 0 Å². The lowest BCUT2D eigenvalue weighted by Gasteiger charge is -2.17. The highest BCUT2D eigenvalue weighted by Crippen LogP contribution is 2.28. The van der Waals surface area contributed by atoms with Crippen molar-refractivity contribution in [3.63, 3.8) is 0 Å².